The van der Waals surface area contributed by atoms with E-state index >= 15 is 0 Å². The summed E-state index contributed by atoms with van der Waals surface area (Å²) in [6.07, 6.45) is 3.29. The Morgan fingerprint density at radius 2 is 2.00 bits per heavy atom. The summed E-state index contributed by atoms with van der Waals surface area (Å²) in [6, 6.07) is 13.0. The monoisotopic (exact) mass is 362 g/mol. The molecule has 0 atom stereocenters. The van der Waals surface area contributed by atoms with Crippen LogP contribution >= 0.6 is 0 Å². The second kappa shape index (κ2) is 7.64. The minimum absolute atomic E-state index is 0.155. The van der Waals surface area contributed by atoms with Crippen molar-refractivity contribution < 1.29 is 9.47 Å². The topological polar surface area (TPSA) is 18.5 Å². The van der Waals surface area contributed by atoms with Crippen molar-refractivity contribution in [3.63, 3.8) is 0 Å². The first kappa shape index (κ1) is 19.3. The Morgan fingerprint density at radius 1 is 1.22 bits per heavy atom. The van der Waals surface area contributed by atoms with E-state index in [-0.39, 0.29) is 5.41 Å². The highest BCUT2D eigenvalue weighted by molar-refractivity contribution is 5.81. The van der Waals surface area contributed by atoms with Gasteiger partial charge in [-0.15, -0.1) is 0 Å². The SMILES string of the molecule is C=C(OCC)c1ccc(/C=C(\C)c2ccc3c(c2)C(C)(C)CCO3)cc1C. The van der Waals surface area contributed by atoms with Crippen molar-refractivity contribution in [1.29, 1.82) is 0 Å². The molecule has 1 aliphatic rings. The van der Waals surface area contributed by atoms with Gasteiger partial charge in [0, 0.05) is 11.1 Å². The lowest BCUT2D eigenvalue weighted by molar-refractivity contribution is 0.234. The molecule has 142 valence electrons. The van der Waals surface area contributed by atoms with Crippen LogP contribution in [0.25, 0.3) is 17.4 Å². The molecule has 2 nitrogen and oxygen atoms in total. The number of fused-ring (bicyclic) bond motifs is 1. The van der Waals surface area contributed by atoms with Gasteiger partial charge in [0.1, 0.15) is 11.5 Å². The van der Waals surface area contributed by atoms with E-state index in [9.17, 15) is 0 Å². The third-order valence-corrected chi connectivity index (χ3v) is 5.40. The van der Waals surface area contributed by atoms with Crippen molar-refractivity contribution in [3.05, 3.63) is 70.8 Å². The first-order valence-corrected chi connectivity index (χ1v) is 9.70. The van der Waals surface area contributed by atoms with Gasteiger partial charge in [-0.2, -0.15) is 0 Å². The van der Waals surface area contributed by atoms with Crippen molar-refractivity contribution in [1.82, 2.24) is 0 Å². The minimum Gasteiger partial charge on any atom is -0.494 e. The van der Waals surface area contributed by atoms with Crippen LogP contribution in [0.2, 0.25) is 0 Å². The normalized spacial score (nSPS) is 15.7. The average molecular weight is 363 g/mol. The first-order chi connectivity index (χ1) is 12.8. The third-order valence-electron chi connectivity index (χ3n) is 5.40. The number of benzene rings is 2. The molecule has 1 heterocycles. The number of allylic oxidation sites excluding steroid dienone is 1. The Hall–Kier alpha value is -2.48. The molecule has 0 saturated heterocycles. The minimum atomic E-state index is 0.155. The van der Waals surface area contributed by atoms with Crippen LogP contribution in [-0.4, -0.2) is 13.2 Å². The maximum Gasteiger partial charge on any atom is 0.123 e. The molecule has 0 N–H and O–H groups in total. The zero-order chi connectivity index (χ0) is 19.6. The van der Waals surface area contributed by atoms with Crippen LogP contribution in [-0.2, 0) is 10.2 Å². The van der Waals surface area contributed by atoms with Crippen LogP contribution in [0, 0.1) is 6.92 Å². The zero-order valence-electron chi connectivity index (χ0n) is 17.2. The van der Waals surface area contributed by atoms with Crippen LogP contribution in [0.1, 0.15) is 61.9 Å². The van der Waals surface area contributed by atoms with Gasteiger partial charge in [-0.05, 0) is 67.0 Å². The fourth-order valence-electron chi connectivity index (χ4n) is 3.66. The van der Waals surface area contributed by atoms with Crippen LogP contribution in [0.5, 0.6) is 5.75 Å². The van der Waals surface area contributed by atoms with E-state index in [0.717, 1.165) is 30.1 Å². The molecule has 0 amide bonds. The van der Waals surface area contributed by atoms with Crippen LogP contribution in [0.3, 0.4) is 0 Å². The molecular formula is C25H30O2. The molecule has 2 heteroatoms. The van der Waals surface area contributed by atoms with Gasteiger partial charge in [0.2, 0.25) is 0 Å². The quantitative estimate of drug-likeness (QED) is 0.439. The molecule has 0 unspecified atom stereocenters. The molecule has 2 aromatic carbocycles. The van der Waals surface area contributed by atoms with Crippen LogP contribution < -0.4 is 4.74 Å². The fourth-order valence-corrected chi connectivity index (χ4v) is 3.66. The van der Waals surface area contributed by atoms with Gasteiger partial charge in [-0.25, -0.2) is 0 Å². The summed E-state index contributed by atoms with van der Waals surface area (Å²) in [5, 5.41) is 0. The van der Waals surface area contributed by atoms with Gasteiger partial charge in [-0.3, -0.25) is 0 Å². The Labute approximate surface area is 163 Å². The molecule has 0 radical (unpaired) electrons. The maximum atomic E-state index is 5.84. The molecule has 0 bridgehead atoms. The van der Waals surface area contributed by atoms with Gasteiger partial charge < -0.3 is 9.47 Å². The molecule has 0 fully saturated rings. The Kier molecular flexibility index (Phi) is 5.46. The van der Waals surface area contributed by atoms with Gasteiger partial charge in [0.15, 0.2) is 0 Å². The molecule has 0 aromatic heterocycles. The second-order valence-electron chi connectivity index (χ2n) is 7.95. The van der Waals surface area contributed by atoms with E-state index in [1.807, 2.05) is 6.92 Å². The van der Waals surface area contributed by atoms with E-state index in [1.165, 1.54) is 27.8 Å². The van der Waals surface area contributed by atoms with Crippen LogP contribution in [0.15, 0.2) is 43.0 Å². The summed E-state index contributed by atoms with van der Waals surface area (Å²) in [5.74, 6) is 1.76. The molecule has 0 aliphatic carbocycles. The Balaban J connectivity index is 1.90. The number of hydrogen-bond donors (Lipinski definition) is 0. The van der Waals surface area contributed by atoms with Crippen LogP contribution in [0.4, 0.5) is 0 Å². The van der Waals surface area contributed by atoms with E-state index in [1.54, 1.807) is 0 Å². The van der Waals surface area contributed by atoms with Crippen molar-refractivity contribution in [2.24, 2.45) is 0 Å². The molecule has 1 aliphatic heterocycles. The van der Waals surface area contributed by atoms with Crippen molar-refractivity contribution in [2.75, 3.05) is 13.2 Å². The molecule has 0 spiro atoms. The van der Waals surface area contributed by atoms with Gasteiger partial charge in [0.25, 0.3) is 0 Å². The van der Waals surface area contributed by atoms with Gasteiger partial charge in [0.05, 0.1) is 13.2 Å². The lowest BCUT2D eigenvalue weighted by Crippen LogP contribution is -2.26. The number of aryl methyl sites for hydroxylation is 1. The number of hydrogen-bond acceptors (Lipinski definition) is 2. The number of ether oxygens (including phenoxy) is 2. The highest BCUT2D eigenvalue weighted by Crippen LogP contribution is 2.39. The molecular weight excluding hydrogens is 332 g/mol. The van der Waals surface area contributed by atoms with E-state index in [2.05, 4.69) is 76.7 Å². The Morgan fingerprint density at radius 3 is 2.70 bits per heavy atom. The molecule has 2 aromatic rings. The number of rotatable bonds is 5. The first-order valence-electron chi connectivity index (χ1n) is 9.70. The van der Waals surface area contributed by atoms with Crippen molar-refractivity contribution >= 4 is 17.4 Å². The maximum absolute atomic E-state index is 5.84. The zero-order valence-corrected chi connectivity index (χ0v) is 17.2. The summed E-state index contributed by atoms with van der Waals surface area (Å²) in [7, 11) is 0. The summed E-state index contributed by atoms with van der Waals surface area (Å²) in [4.78, 5) is 0. The van der Waals surface area contributed by atoms with E-state index < -0.39 is 0 Å². The highest BCUT2D eigenvalue weighted by atomic mass is 16.5. The van der Waals surface area contributed by atoms with Gasteiger partial charge in [-0.1, -0.05) is 50.8 Å². The molecule has 27 heavy (non-hydrogen) atoms. The average Bonchev–Trinajstić information content (AvgIpc) is 2.61. The predicted molar refractivity (Wildman–Crippen MR) is 115 cm³/mol. The van der Waals surface area contributed by atoms with E-state index in [0.29, 0.717) is 6.61 Å². The summed E-state index contributed by atoms with van der Waals surface area (Å²) in [5.41, 5.74) is 7.38. The summed E-state index contributed by atoms with van der Waals surface area (Å²) in [6.45, 7) is 16.3. The molecule has 3 rings (SSSR count). The summed E-state index contributed by atoms with van der Waals surface area (Å²) >= 11 is 0. The smallest absolute Gasteiger partial charge is 0.123 e. The van der Waals surface area contributed by atoms with Crippen molar-refractivity contribution in [2.45, 2.75) is 46.5 Å². The van der Waals surface area contributed by atoms with Gasteiger partial charge >= 0.3 is 0 Å². The fraction of sp³-hybridized carbons (Fsp3) is 0.360. The van der Waals surface area contributed by atoms with E-state index in [4.69, 9.17) is 9.47 Å². The lowest BCUT2D eigenvalue weighted by atomic mass is 9.79. The highest BCUT2D eigenvalue weighted by Gasteiger charge is 2.28. The predicted octanol–water partition coefficient (Wildman–Crippen LogP) is 6.62. The second-order valence-corrected chi connectivity index (χ2v) is 7.95. The van der Waals surface area contributed by atoms with Crippen molar-refractivity contribution in [3.8, 4) is 5.75 Å². The third kappa shape index (κ3) is 4.10. The largest absolute Gasteiger partial charge is 0.494 e. The summed E-state index contributed by atoms with van der Waals surface area (Å²) < 4.78 is 11.4. The standard InChI is InChI=1S/C25H30O2/c1-7-26-19(4)22-10-8-20(15-18(22)3)14-17(2)21-9-11-24-23(16-21)25(5,6)12-13-27-24/h8-11,14-16H,4,7,12-13H2,1-3,5-6H3/b17-14+. The molecule has 0 saturated carbocycles. The Bertz CT molecular complexity index is 887. The lowest BCUT2D eigenvalue weighted by Gasteiger charge is -2.32.